The Labute approximate surface area is 206 Å². The molecule has 1 saturated heterocycles. The number of nitrogens with one attached hydrogen (secondary N) is 2. The molecule has 0 saturated carbocycles. The van der Waals surface area contributed by atoms with Gasteiger partial charge in [0.05, 0.1) is 6.26 Å². The number of guanidine groups is 1. The average molecular weight is 553 g/mol. The van der Waals surface area contributed by atoms with Crippen molar-refractivity contribution in [1.29, 1.82) is 0 Å². The number of piperazine rings is 1. The number of aliphatic imine (C=N–C) groups is 1. The number of amides is 2. The molecule has 1 aromatic heterocycles. The van der Waals surface area contributed by atoms with E-state index in [0.29, 0.717) is 44.0 Å². The van der Waals surface area contributed by atoms with Crippen molar-refractivity contribution in [3.8, 4) is 0 Å². The number of hydrogen-bond donors (Lipinski definition) is 2. The molecule has 3 rings (SSSR count). The lowest BCUT2D eigenvalue weighted by molar-refractivity contribution is 0.0657. The zero-order valence-electron chi connectivity index (χ0n) is 18.8. The summed E-state index contributed by atoms with van der Waals surface area (Å²) in [6.07, 6.45) is 2.40. The summed E-state index contributed by atoms with van der Waals surface area (Å²) in [6, 6.07) is 11.2. The number of benzene rings is 1. The molecule has 2 amide bonds. The third kappa shape index (κ3) is 6.72. The van der Waals surface area contributed by atoms with E-state index < -0.39 is 0 Å². The quantitative estimate of drug-likeness (QED) is 0.326. The van der Waals surface area contributed by atoms with Gasteiger partial charge in [0.2, 0.25) is 0 Å². The van der Waals surface area contributed by atoms with Crippen LogP contribution in [0.5, 0.6) is 0 Å². The molecule has 1 fully saturated rings. The predicted octanol–water partition coefficient (Wildman–Crippen LogP) is 2.96. The number of nitrogens with zero attached hydrogens (tertiary/aromatic N) is 3. The molecule has 1 aliphatic rings. The number of halogens is 1. The van der Waals surface area contributed by atoms with Gasteiger partial charge in [-0.2, -0.15) is 0 Å². The van der Waals surface area contributed by atoms with E-state index >= 15 is 0 Å². The van der Waals surface area contributed by atoms with E-state index in [1.54, 1.807) is 24.1 Å². The Morgan fingerprint density at radius 1 is 1.12 bits per heavy atom. The van der Waals surface area contributed by atoms with Crippen LogP contribution >= 0.6 is 24.0 Å². The van der Waals surface area contributed by atoms with Gasteiger partial charge >= 0.3 is 0 Å². The lowest BCUT2D eigenvalue weighted by atomic mass is 10.1. The molecule has 0 aliphatic carbocycles. The van der Waals surface area contributed by atoms with E-state index in [-0.39, 0.29) is 41.8 Å². The van der Waals surface area contributed by atoms with Crippen molar-refractivity contribution in [3.63, 3.8) is 0 Å². The molecule has 1 aliphatic heterocycles. The fourth-order valence-corrected chi connectivity index (χ4v) is 3.42. The molecule has 9 heteroatoms. The molecule has 0 bridgehead atoms. The summed E-state index contributed by atoms with van der Waals surface area (Å²) in [7, 11) is 1.75. The van der Waals surface area contributed by atoms with Crippen LogP contribution in [0.15, 0.2) is 52.1 Å². The number of hydrogen-bond acceptors (Lipinski definition) is 4. The van der Waals surface area contributed by atoms with Gasteiger partial charge in [-0.3, -0.25) is 14.6 Å². The number of furan rings is 1. The first-order valence-corrected chi connectivity index (χ1v) is 10.7. The average Bonchev–Trinajstić information content (AvgIpc) is 3.34. The molecule has 2 aromatic rings. The molecule has 0 radical (unpaired) electrons. The third-order valence-corrected chi connectivity index (χ3v) is 5.44. The van der Waals surface area contributed by atoms with Gasteiger partial charge in [0.1, 0.15) is 0 Å². The minimum Gasteiger partial charge on any atom is -0.459 e. The lowest BCUT2D eigenvalue weighted by Crippen LogP contribution is -2.53. The number of carbonyl (C=O) groups excluding carboxylic acids is 2. The molecule has 32 heavy (non-hydrogen) atoms. The van der Waals surface area contributed by atoms with Crippen molar-refractivity contribution in [2.75, 3.05) is 33.2 Å². The molecule has 8 nitrogen and oxygen atoms in total. The monoisotopic (exact) mass is 553 g/mol. The maximum Gasteiger partial charge on any atom is 0.289 e. The van der Waals surface area contributed by atoms with E-state index in [2.05, 4.69) is 20.5 Å². The van der Waals surface area contributed by atoms with Gasteiger partial charge in [-0.05, 0) is 43.2 Å². The van der Waals surface area contributed by atoms with Crippen molar-refractivity contribution in [3.05, 3.63) is 59.5 Å². The fraction of sp³-hybridized carbons (Fsp3) is 0.435. The second-order valence-corrected chi connectivity index (χ2v) is 7.64. The molecule has 1 unspecified atom stereocenters. The molecule has 1 aromatic carbocycles. The highest BCUT2D eigenvalue weighted by Gasteiger charge is 2.25. The molecular weight excluding hydrogens is 521 g/mol. The summed E-state index contributed by atoms with van der Waals surface area (Å²) < 4.78 is 5.22. The van der Waals surface area contributed by atoms with Crippen LogP contribution in [0.25, 0.3) is 0 Å². The number of carbonyl (C=O) groups is 2. The molecule has 2 N–H and O–H groups in total. The standard InChI is InChI=1S/C23H31N5O3.HI/c1-4-17(2)26-21(29)19-8-5-7-18(15-19)16-25-23(24-3)28-12-10-27(11-13-28)22(30)20-9-6-14-31-20;/h5-9,14-15,17H,4,10-13,16H2,1-3H3,(H,24,25)(H,26,29);1H. The number of rotatable bonds is 6. The Kier molecular flexibility index (Phi) is 10.0. The Balaban J connectivity index is 0.00000363. The van der Waals surface area contributed by atoms with Crippen molar-refractivity contribution in [2.45, 2.75) is 32.9 Å². The zero-order valence-corrected chi connectivity index (χ0v) is 21.2. The van der Waals surface area contributed by atoms with E-state index in [1.165, 1.54) is 6.26 Å². The maximum atomic E-state index is 12.4. The molecular formula is C23H32IN5O3. The van der Waals surface area contributed by atoms with Crippen LogP contribution in [0.2, 0.25) is 0 Å². The summed E-state index contributed by atoms with van der Waals surface area (Å²) in [5, 5.41) is 6.36. The Morgan fingerprint density at radius 3 is 2.47 bits per heavy atom. The largest absolute Gasteiger partial charge is 0.459 e. The van der Waals surface area contributed by atoms with Gasteiger partial charge in [-0.1, -0.05) is 19.1 Å². The van der Waals surface area contributed by atoms with E-state index in [0.717, 1.165) is 17.9 Å². The van der Waals surface area contributed by atoms with Crippen molar-refractivity contribution in [1.82, 2.24) is 20.4 Å². The first-order chi connectivity index (χ1) is 15.0. The summed E-state index contributed by atoms with van der Waals surface area (Å²) in [4.78, 5) is 33.1. The van der Waals surface area contributed by atoms with Gasteiger partial charge in [-0.15, -0.1) is 24.0 Å². The lowest BCUT2D eigenvalue weighted by Gasteiger charge is -2.36. The van der Waals surface area contributed by atoms with Gasteiger partial charge < -0.3 is 24.9 Å². The molecule has 2 heterocycles. The van der Waals surface area contributed by atoms with Gasteiger partial charge in [-0.25, -0.2) is 0 Å². The van der Waals surface area contributed by atoms with Crippen LogP contribution in [-0.2, 0) is 6.54 Å². The summed E-state index contributed by atoms with van der Waals surface area (Å²) in [5.74, 6) is 1.01. The summed E-state index contributed by atoms with van der Waals surface area (Å²) in [5.41, 5.74) is 1.66. The third-order valence-electron chi connectivity index (χ3n) is 5.44. The van der Waals surface area contributed by atoms with Crippen LogP contribution < -0.4 is 10.6 Å². The highest BCUT2D eigenvalue weighted by molar-refractivity contribution is 14.0. The highest BCUT2D eigenvalue weighted by Crippen LogP contribution is 2.10. The van der Waals surface area contributed by atoms with Crippen LogP contribution in [0.3, 0.4) is 0 Å². The topological polar surface area (TPSA) is 90.2 Å². The van der Waals surface area contributed by atoms with Crippen LogP contribution in [0.1, 0.15) is 46.7 Å². The smallest absolute Gasteiger partial charge is 0.289 e. The van der Waals surface area contributed by atoms with Crippen molar-refractivity contribution >= 4 is 41.8 Å². The predicted molar refractivity (Wildman–Crippen MR) is 135 cm³/mol. The van der Waals surface area contributed by atoms with E-state index in [9.17, 15) is 9.59 Å². The summed E-state index contributed by atoms with van der Waals surface area (Å²) >= 11 is 0. The highest BCUT2D eigenvalue weighted by atomic mass is 127. The van der Waals surface area contributed by atoms with Crippen LogP contribution in [-0.4, -0.2) is 66.8 Å². The maximum absolute atomic E-state index is 12.4. The van der Waals surface area contributed by atoms with Crippen LogP contribution in [0.4, 0.5) is 0 Å². The first kappa shape index (κ1) is 25.7. The minimum atomic E-state index is -0.0833. The van der Waals surface area contributed by atoms with E-state index in [1.807, 2.05) is 38.1 Å². The molecule has 1 atom stereocenters. The fourth-order valence-electron chi connectivity index (χ4n) is 3.42. The summed E-state index contributed by atoms with van der Waals surface area (Å²) in [6.45, 7) is 7.17. The van der Waals surface area contributed by atoms with Crippen molar-refractivity contribution < 1.29 is 14.0 Å². The van der Waals surface area contributed by atoms with Gasteiger partial charge in [0.15, 0.2) is 11.7 Å². The van der Waals surface area contributed by atoms with Gasteiger partial charge in [0.25, 0.3) is 11.8 Å². The minimum absolute atomic E-state index is 0. The SMILES string of the molecule is CCC(C)NC(=O)c1cccc(CNC(=NC)N2CCN(C(=O)c3ccco3)CC2)c1.I. The Morgan fingerprint density at radius 2 is 1.84 bits per heavy atom. The zero-order chi connectivity index (χ0) is 22.2. The van der Waals surface area contributed by atoms with Crippen molar-refractivity contribution in [2.24, 2.45) is 4.99 Å². The van der Waals surface area contributed by atoms with Crippen LogP contribution in [0, 0.1) is 0 Å². The molecule has 174 valence electrons. The Bertz CT molecular complexity index is 908. The second-order valence-electron chi connectivity index (χ2n) is 7.64. The van der Waals surface area contributed by atoms with E-state index in [4.69, 9.17) is 4.42 Å². The second kappa shape index (κ2) is 12.5. The normalized spacial score (nSPS) is 15.0. The first-order valence-electron chi connectivity index (χ1n) is 10.7. The molecule has 0 spiro atoms. The Hall–Kier alpha value is -2.56. The van der Waals surface area contributed by atoms with Gasteiger partial charge in [0, 0.05) is 51.4 Å².